The number of carbonyl (C=O) groups is 1. The summed E-state index contributed by atoms with van der Waals surface area (Å²) in [4.78, 5) is 13.5. The maximum atomic E-state index is 12.8. The zero-order chi connectivity index (χ0) is 29.6. The summed E-state index contributed by atoms with van der Waals surface area (Å²) in [5.41, 5.74) is 6.09. The molecular formula is C22H26F3N3O9S2. The highest BCUT2D eigenvalue weighted by molar-refractivity contribution is 7.92. The maximum Gasteiger partial charge on any atom is 0.490 e. The number of benzene rings is 2. The summed E-state index contributed by atoms with van der Waals surface area (Å²) >= 11 is 0. The SMILES string of the molecule is Cc1cc(OCC2CCN(C(=N)N)OC2)cc(OS(=O)(=O)c2ccccc2S(C)(=O)=O)c1.O=C(O)C(F)(F)F. The standard InChI is InChI=1S/C20H25N3O7S2.C2HF3O2/c1-14-9-16(28-12-15-7-8-23(20(21)22)29-13-15)11-17(10-14)30-32(26,27)19-6-4-3-5-18(19)31(2,24)25;3-2(4,5)1(6)7/h3-6,9-11,15H,7-8,12-13H2,1-2H3,(H3,21,22);(H,6,7). The normalized spacial score (nSPS) is 16.0. The first-order valence-corrected chi connectivity index (χ1v) is 14.2. The molecule has 12 nitrogen and oxygen atoms in total. The summed E-state index contributed by atoms with van der Waals surface area (Å²) in [5, 5.41) is 15.8. The van der Waals surface area contributed by atoms with Gasteiger partial charge in [0.2, 0.25) is 5.96 Å². The third kappa shape index (κ3) is 9.60. The molecule has 0 aliphatic carbocycles. The van der Waals surface area contributed by atoms with Crippen molar-refractivity contribution in [3.8, 4) is 11.5 Å². The van der Waals surface area contributed by atoms with Crippen LogP contribution in [-0.2, 0) is 29.6 Å². The molecule has 1 fully saturated rings. The summed E-state index contributed by atoms with van der Waals surface area (Å²) in [6.45, 7) is 2.89. The quantitative estimate of drug-likeness (QED) is 0.242. The van der Waals surface area contributed by atoms with E-state index in [0.29, 0.717) is 37.5 Å². The van der Waals surface area contributed by atoms with E-state index in [4.69, 9.17) is 34.8 Å². The highest BCUT2D eigenvalue weighted by Gasteiger charge is 2.38. The Morgan fingerprint density at radius 3 is 2.21 bits per heavy atom. The summed E-state index contributed by atoms with van der Waals surface area (Å²) in [6, 6.07) is 9.95. The fraction of sp³-hybridized carbons (Fsp3) is 0.364. The predicted molar refractivity (Wildman–Crippen MR) is 130 cm³/mol. The van der Waals surface area contributed by atoms with Gasteiger partial charge in [0.15, 0.2) is 9.84 Å². The molecule has 2 aromatic carbocycles. The first-order chi connectivity index (χ1) is 17.9. The molecule has 216 valence electrons. The number of aliphatic carboxylic acids is 1. The summed E-state index contributed by atoms with van der Waals surface area (Å²) in [6.07, 6.45) is -3.43. The van der Waals surface area contributed by atoms with Gasteiger partial charge in [-0.15, -0.1) is 0 Å². The lowest BCUT2D eigenvalue weighted by atomic mass is 10.1. The molecule has 39 heavy (non-hydrogen) atoms. The van der Waals surface area contributed by atoms with Crippen LogP contribution in [0.3, 0.4) is 0 Å². The molecule has 1 aliphatic rings. The first kappa shape index (κ1) is 31.6. The van der Waals surface area contributed by atoms with Gasteiger partial charge in [-0.3, -0.25) is 10.2 Å². The Morgan fingerprint density at radius 2 is 1.72 bits per heavy atom. The second-order valence-electron chi connectivity index (χ2n) is 8.29. The number of hydrogen-bond acceptors (Lipinski definition) is 9. The lowest BCUT2D eigenvalue weighted by Gasteiger charge is -2.31. The zero-order valence-corrected chi connectivity index (χ0v) is 22.3. The molecule has 0 amide bonds. The van der Waals surface area contributed by atoms with Crippen LogP contribution in [0.1, 0.15) is 12.0 Å². The molecule has 0 spiro atoms. The van der Waals surface area contributed by atoms with E-state index in [1.54, 1.807) is 13.0 Å². The number of sulfone groups is 1. The van der Waals surface area contributed by atoms with Crippen LogP contribution in [0, 0.1) is 18.3 Å². The van der Waals surface area contributed by atoms with Crippen molar-refractivity contribution in [3.05, 3.63) is 48.0 Å². The minimum atomic E-state index is -5.08. The molecule has 2 aromatic rings. The van der Waals surface area contributed by atoms with Crippen molar-refractivity contribution < 1.29 is 53.7 Å². The smallest absolute Gasteiger partial charge is 0.490 e. The molecule has 1 unspecified atom stereocenters. The van der Waals surface area contributed by atoms with E-state index in [1.165, 1.54) is 41.5 Å². The number of nitrogens with zero attached hydrogens (tertiary/aromatic N) is 1. The number of alkyl halides is 3. The number of carboxylic acid groups (broad SMARTS) is 1. The van der Waals surface area contributed by atoms with Crippen LogP contribution in [0.15, 0.2) is 52.3 Å². The van der Waals surface area contributed by atoms with Crippen molar-refractivity contribution in [1.82, 2.24) is 5.06 Å². The Kier molecular flexibility index (Phi) is 10.2. The molecule has 3 rings (SSSR count). The van der Waals surface area contributed by atoms with Crippen LogP contribution in [0.4, 0.5) is 13.2 Å². The number of aryl methyl sites for hydroxylation is 1. The minimum absolute atomic E-state index is 0.00551. The third-order valence-electron chi connectivity index (χ3n) is 4.95. The van der Waals surface area contributed by atoms with Gasteiger partial charge < -0.3 is 19.8 Å². The molecular weight excluding hydrogens is 571 g/mol. The number of hydroxylamine groups is 2. The van der Waals surface area contributed by atoms with Gasteiger partial charge in [0.05, 0.1) is 18.1 Å². The molecule has 1 aliphatic heterocycles. The highest BCUT2D eigenvalue weighted by Crippen LogP contribution is 2.29. The maximum absolute atomic E-state index is 12.8. The monoisotopic (exact) mass is 597 g/mol. The Labute approximate surface area is 222 Å². The van der Waals surface area contributed by atoms with Gasteiger partial charge >= 0.3 is 22.3 Å². The van der Waals surface area contributed by atoms with E-state index in [0.717, 1.165) is 6.26 Å². The van der Waals surface area contributed by atoms with E-state index < -0.39 is 37.0 Å². The Balaban J connectivity index is 0.000000673. The van der Waals surface area contributed by atoms with Crippen LogP contribution in [0.2, 0.25) is 0 Å². The molecule has 4 N–H and O–H groups in total. The highest BCUT2D eigenvalue weighted by atomic mass is 32.2. The summed E-state index contributed by atoms with van der Waals surface area (Å²) in [5.74, 6) is -2.43. The average Bonchev–Trinajstić information content (AvgIpc) is 2.81. The number of hydrogen-bond donors (Lipinski definition) is 3. The van der Waals surface area contributed by atoms with E-state index in [2.05, 4.69) is 0 Å². The second-order valence-corrected chi connectivity index (χ2v) is 11.8. The topological polar surface area (TPSA) is 186 Å². The number of carboxylic acids is 1. The molecule has 0 aromatic heterocycles. The predicted octanol–water partition coefficient (Wildman–Crippen LogP) is 2.33. The zero-order valence-electron chi connectivity index (χ0n) is 20.6. The van der Waals surface area contributed by atoms with Crippen molar-refractivity contribution in [2.24, 2.45) is 11.7 Å². The minimum Gasteiger partial charge on any atom is -0.493 e. The van der Waals surface area contributed by atoms with Crippen LogP contribution < -0.4 is 14.7 Å². The fourth-order valence-electron chi connectivity index (χ4n) is 3.16. The molecule has 1 heterocycles. The number of nitrogens with two attached hydrogens (primary N) is 1. The van der Waals surface area contributed by atoms with Gasteiger partial charge in [-0.25, -0.2) is 18.3 Å². The molecule has 0 radical (unpaired) electrons. The van der Waals surface area contributed by atoms with E-state index in [1.807, 2.05) is 0 Å². The lowest BCUT2D eigenvalue weighted by molar-refractivity contribution is -0.192. The number of ether oxygens (including phenoxy) is 1. The van der Waals surface area contributed by atoms with E-state index >= 15 is 0 Å². The Bertz CT molecular complexity index is 1410. The van der Waals surface area contributed by atoms with Crippen molar-refractivity contribution in [2.45, 2.75) is 29.3 Å². The van der Waals surface area contributed by atoms with Crippen LogP contribution in [0.5, 0.6) is 11.5 Å². The number of halogens is 3. The van der Waals surface area contributed by atoms with E-state index in [-0.39, 0.29) is 22.5 Å². The second kappa shape index (κ2) is 12.5. The number of nitrogens with one attached hydrogen (secondary N) is 1. The first-order valence-electron chi connectivity index (χ1n) is 10.9. The molecule has 1 saturated heterocycles. The largest absolute Gasteiger partial charge is 0.493 e. The average molecular weight is 598 g/mol. The number of rotatable bonds is 7. The van der Waals surface area contributed by atoms with Gasteiger partial charge in [0, 0.05) is 24.8 Å². The van der Waals surface area contributed by atoms with Crippen molar-refractivity contribution in [3.63, 3.8) is 0 Å². The van der Waals surface area contributed by atoms with Gasteiger partial charge in [-0.1, -0.05) is 12.1 Å². The Hall–Kier alpha value is -3.57. The van der Waals surface area contributed by atoms with Gasteiger partial charge in [0.1, 0.15) is 16.4 Å². The molecule has 17 heteroatoms. The van der Waals surface area contributed by atoms with Crippen LogP contribution in [0.25, 0.3) is 0 Å². The summed E-state index contributed by atoms with van der Waals surface area (Å²) < 4.78 is 92.4. The van der Waals surface area contributed by atoms with Gasteiger partial charge in [-0.05, 0) is 43.2 Å². The van der Waals surface area contributed by atoms with Crippen molar-refractivity contribution >= 4 is 31.9 Å². The third-order valence-corrected chi connectivity index (χ3v) is 7.54. The molecule has 0 bridgehead atoms. The fourth-order valence-corrected chi connectivity index (χ4v) is 5.68. The van der Waals surface area contributed by atoms with Crippen LogP contribution in [-0.4, -0.2) is 71.1 Å². The van der Waals surface area contributed by atoms with E-state index in [9.17, 15) is 30.0 Å². The Morgan fingerprint density at radius 1 is 1.15 bits per heavy atom. The lowest BCUT2D eigenvalue weighted by Crippen LogP contribution is -2.43. The molecule has 0 saturated carbocycles. The number of guanidine groups is 1. The molecule has 1 atom stereocenters. The van der Waals surface area contributed by atoms with Gasteiger partial charge in [0.25, 0.3) is 0 Å². The van der Waals surface area contributed by atoms with Crippen molar-refractivity contribution in [2.75, 3.05) is 26.0 Å². The van der Waals surface area contributed by atoms with Crippen molar-refractivity contribution in [1.29, 1.82) is 5.41 Å². The summed E-state index contributed by atoms with van der Waals surface area (Å²) in [7, 11) is -8.18. The van der Waals surface area contributed by atoms with Crippen LogP contribution >= 0.6 is 0 Å². The van der Waals surface area contributed by atoms with Gasteiger partial charge in [-0.2, -0.15) is 21.6 Å².